The van der Waals surface area contributed by atoms with E-state index in [1.165, 1.54) is 4.70 Å². The number of aromatic nitrogens is 1. The summed E-state index contributed by atoms with van der Waals surface area (Å²) in [4.78, 5) is 18.5. The highest BCUT2D eigenvalue weighted by Gasteiger charge is 2.23. The molecule has 20 heavy (non-hydrogen) atoms. The fourth-order valence-electron chi connectivity index (χ4n) is 2.44. The van der Waals surface area contributed by atoms with E-state index < -0.39 is 0 Å². The van der Waals surface area contributed by atoms with Crippen LogP contribution in [-0.2, 0) is 11.2 Å². The molecule has 1 aliphatic heterocycles. The van der Waals surface area contributed by atoms with Gasteiger partial charge < -0.3 is 10.6 Å². The predicted molar refractivity (Wildman–Crippen MR) is 84.8 cm³/mol. The summed E-state index contributed by atoms with van der Waals surface area (Å²) in [7, 11) is 0. The molecular formula is C14H16BrN3OS. The Balaban J connectivity index is 1.63. The average molecular weight is 354 g/mol. The van der Waals surface area contributed by atoms with Crippen molar-refractivity contribution in [1.82, 2.24) is 9.88 Å². The molecule has 1 fully saturated rings. The van der Waals surface area contributed by atoms with Gasteiger partial charge >= 0.3 is 0 Å². The molecule has 2 heterocycles. The number of thiazole rings is 1. The molecule has 1 amide bonds. The Morgan fingerprint density at radius 2 is 2.40 bits per heavy atom. The molecule has 1 atom stereocenters. The molecule has 0 bridgehead atoms. The van der Waals surface area contributed by atoms with Gasteiger partial charge in [0.1, 0.15) is 0 Å². The number of hydrogen-bond acceptors (Lipinski definition) is 4. The van der Waals surface area contributed by atoms with E-state index in [4.69, 9.17) is 5.73 Å². The molecule has 1 unspecified atom stereocenters. The molecule has 1 aromatic heterocycles. The van der Waals surface area contributed by atoms with Crippen LogP contribution < -0.4 is 5.73 Å². The molecule has 0 saturated carbocycles. The van der Waals surface area contributed by atoms with Crippen LogP contribution in [0.2, 0.25) is 0 Å². The molecular weight excluding hydrogens is 338 g/mol. The van der Waals surface area contributed by atoms with E-state index in [1.54, 1.807) is 11.3 Å². The Morgan fingerprint density at radius 3 is 3.15 bits per heavy atom. The Kier molecular flexibility index (Phi) is 4.05. The largest absolute Gasteiger partial charge is 0.341 e. The van der Waals surface area contributed by atoms with Crippen molar-refractivity contribution < 1.29 is 4.79 Å². The van der Waals surface area contributed by atoms with E-state index in [0.29, 0.717) is 19.4 Å². The first-order valence-corrected chi connectivity index (χ1v) is 8.31. The summed E-state index contributed by atoms with van der Waals surface area (Å²) in [5.74, 6) is 0.193. The predicted octanol–water partition coefficient (Wildman–Crippen LogP) is 2.55. The molecule has 2 aromatic rings. The van der Waals surface area contributed by atoms with Crippen molar-refractivity contribution in [3.05, 3.63) is 27.7 Å². The van der Waals surface area contributed by atoms with Crippen molar-refractivity contribution in [2.45, 2.75) is 25.3 Å². The van der Waals surface area contributed by atoms with Gasteiger partial charge in [-0.2, -0.15) is 0 Å². The number of nitrogens with zero attached hydrogens (tertiary/aromatic N) is 2. The molecule has 1 saturated heterocycles. The number of carbonyl (C=O) groups is 1. The maximum Gasteiger partial charge on any atom is 0.223 e. The van der Waals surface area contributed by atoms with Crippen molar-refractivity contribution in [2.24, 2.45) is 5.73 Å². The van der Waals surface area contributed by atoms with Crippen LogP contribution >= 0.6 is 27.3 Å². The third kappa shape index (κ3) is 3.02. The molecule has 0 aliphatic carbocycles. The van der Waals surface area contributed by atoms with Crippen LogP contribution in [0.5, 0.6) is 0 Å². The zero-order chi connectivity index (χ0) is 14.1. The van der Waals surface area contributed by atoms with Crippen LogP contribution in [0.3, 0.4) is 0 Å². The molecule has 0 spiro atoms. The van der Waals surface area contributed by atoms with Gasteiger partial charge in [-0.3, -0.25) is 4.79 Å². The van der Waals surface area contributed by atoms with Gasteiger partial charge in [0.2, 0.25) is 5.91 Å². The van der Waals surface area contributed by atoms with Gasteiger partial charge in [-0.1, -0.05) is 15.9 Å². The number of hydrogen-bond donors (Lipinski definition) is 1. The number of nitrogens with two attached hydrogens (primary N) is 1. The first-order chi connectivity index (χ1) is 9.61. The number of halogens is 1. The van der Waals surface area contributed by atoms with Crippen LogP contribution in [0.4, 0.5) is 0 Å². The minimum absolute atomic E-state index is 0.152. The van der Waals surface area contributed by atoms with Gasteiger partial charge in [-0.15, -0.1) is 11.3 Å². The highest BCUT2D eigenvalue weighted by atomic mass is 79.9. The molecule has 1 aromatic carbocycles. The topological polar surface area (TPSA) is 59.2 Å². The third-order valence-electron chi connectivity index (χ3n) is 3.52. The number of likely N-dealkylation sites (tertiary alicyclic amines) is 1. The van der Waals surface area contributed by atoms with Crippen LogP contribution in [0.15, 0.2) is 22.7 Å². The smallest absolute Gasteiger partial charge is 0.223 e. The minimum atomic E-state index is 0.152. The summed E-state index contributed by atoms with van der Waals surface area (Å²) in [5.41, 5.74) is 6.82. The highest BCUT2D eigenvalue weighted by Crippen LogP contribution is 2.26. The number of rotatable bonds is 3. The second kappa shape index (κ2) is 5.79. The molecule has 0 radical (unpaired) electrons. The monoisotopic (exact) mass is 353 g/mol. The number of amides is 1. The summed E-state index contributed by atoms with van der Waals surface area (Å²) in [6.45, 7) is 1.50. The fourth-order valence-corrected chi connectivity index (χ4v) is 3.74. The lowest BCUT2D eigenvalue weighted by Gasteiger charge is -2.14. The quantitative estimate of drug-likeness (QED) is 0.922. The molecule has 6 heteroatoms. The van der Waals surface area contributed by atoms with E-state index in [-0.39, 0.29) is 11.9 Å². The van der Waals surface area contributed by atoms with E-state index >= 15 is 0 Å². The Labute approximate surface area is 130 Å². The number of carbonyl (C=O) groups excluding carboxylic acids is 1. The summed E-state index contributed by atoms with van der Waals surface area (Å²) in [6, 6.07) is 6.23. The van der Waals surface area contributed by atoms with Crippen LogP contribution in [-0.4, -0.2) is 34.9 Å². The van der Waals surface area contributed by atoms with E-state index in [2.05, 4.69) is 27.0 Å². The Morgan fingerprint density at radius 1 is 1.55 bits per heavy atom. The van der Waals surface area contributed by atoms with Crippen molar-refractivity contribution in [2.75, 3.05) is 13.1 Å². The van der Waals surface area contributed by atoms with Gasteiger partial charge in [0.25, 0.3) is 0 Å². The van der Waals surface area contributed by atoms with Gasteiger partial charge in [-0.05, 0) is 24.6 Å². The van der Waals surface area contributed by atoms with Crippen LogP contribution in [0, 0.1) is 0 Å². The zero-order valence-electron chi connectivity index (χ0n) is 11.0. The summed E-state index contributed by atoms with van der Waals surface area (Å²) in [5, 5.41) is 1.02. The summed E-state index contributed by atoms with van der Waals surface area (Å²) >= 11 is 5.11. The molecule has 3 rings (SSSR count). The third-order valence-corrected chi connectivity index (χ3v) is 5.11. The maximum atomic E-state index is 12.1. The standard InChI is InChI=1S/C14H16BrN3OS/c15-9-1-2-12-11(7-9)17-13(20-12)3-4-14(19)18-6-5-10(16)8-18/h1-2,7,10H,3-6,8,16H2. The summed E-state index contributed by atoms with van der Waals surface area (Å²) in [6.07, 6.45) is 2.15. The lowest BCUT2D eigenvalue weighted by Crippen LogP contribution is -2.31. The van der Waals surface area contributed by atoms with Crippen LogP contribution in [0.25, 0.3) is 10.2 Å². The second-order valence-corrected chi connectivity index (χ2v) is 7.14. The first-order valence-electron chi connectivity index (χ1n) is 6.70. The molecule has 106 valence electrons. The van der Waals surface area contributed by atoms with Crippen molar-refractivity contribution in [3.8, 4) is 0 Å². The van der Waals surface area contributed by atoms with E-state index in [9.17, 15) is 4.79 Å². The summed E-state index contributed by atoms with van der Waals surface area (Å²) < 4.78 is 2.20. The lowest BCUT2D eigenvalue weighted by atomic mass is 10.3. The fraction of sp³-hybridized carbons (Fsp3) is 0.429. The SMILES string of the molecule is NC1CCN(C(=O)CCc2nc3cc(Br)ccc3s2)C1. The number of aryl methyl sites for hydroxylation is 1. The van der Waals surface area contributed by atoms with Gasteiger partial charge in [0.05, 0.1) is 15.2 Å². The normalized spacial score (nSPS) is 18.9. The average Bonchev–Trinajstić information content (AvgIpc) is 3.01. The van der Waals surface area contributed by atoms with Crippen molar-refractivity contribution in [1.29, 1.82) is 0 Å². The van der Waals surface area contributed by atoms with Crippen molar-refractivity contribution >= 4 is 43.4 Å². The Hall–Kier alpha value is -0.980. The number of fused-ring (bicyclic) bond motifs is 1. The van der Waals surface area contributed by atoms with Gasteiger partial charge in [-0.25, -0.2) is 4.98 Å². The number of benzene rings is 1. The molecule has 2 N–H and O–H groups in total. The second-order valence-electron chi connectivity index (χ2n) is 5.11. The molecule has 4 nitrogen and oxygen atoms in total. The van der Waals surface area contributed by atoms with Crippen LogP contribution in [0.1, 0.15) is 17.8 Å². The van der Waals surface area contributed by atoms with Gasteiger partial charge in [0, 0.05) is 36.4 Å². The molecule has 1 aliphatic rings. The van der Waals surface area contributed by atoms with Gasteiger partial charge in [0.15, 0.2) is 0 Å². The van der Waals surface area contributed by atoms with Crippen molar-refractivity contribution in [3.63, 3.8) is 0 Å². The maximum absolute atomic E-state index is 12.1. The first kappa shape index (κ1) is 14.0. The zero-order valence-corrected chi connectivity index (χ0v) is 13.4. The minimum Gasteiger partial charge on any atom is -0.341 e. The van der Waals surface area contributed by atoms with E-state index in [0.717, 1.165) is 28.0 Å². The Bertz CT molecular complexity index is 642. The van der Waals surface area contributed by atoms with E-state index in [1.807, 2.05) is 17.0 Å². The lowest BCUT2D eigenvalue weighted by molar-refractivity contribution is -0.130. The highest BCUT2D eigenvalue weighted by molar-refractivity contribution is 9.10.